The van der Waals surface area contributed by atoms with E-state index in [2.05, 4.69) is 20.1 Å². The number of anilines is 2. The number of hydrogen-bond acceptors (Lipinski definition) is 5. The number of ether oxygens (including phenoxy) is 1. The average Bonchev–Trinajstić information content (AvgIpc) is 2.69. The summed E-state index contributed by atoms with van der Waals surface area (Å²) in [5.41, 5.74) is 2.43. The average molecular weight is 358 g/mol. The molecule has 1 saturated heterocycles. The van der Waals surface area contributed by atoms with Gasteiger partial charge in [-0.2, -0.15) is 0 Å². The van der Waals surface area contributed by atoms with Gasteiger partial charge in [-0.05, 0) is 36.4 Å². The van der Waals surface area contributed by atoms with Gasteiger partial charge in [0.2, 0.25) is 0 Å². The molecule has 138 valence electrons. The Morgan fingerprint density at radius 1 is 1.08 bits per heavy atom. The first kappa shape index (κ1) is 18.1. The van der Waals surface area contributed by atoms with Gasteiger partial charge in [0.25, 0.3) is 5.91 Å². The largest absolute Gasteiger partial charge is 0.383 e. The van der Waals surface area contributed by atoms with Crippen molar-refractivity contribution >= 4 is 17.3 Å². The van der Waals surface area contributed by atoms with Crippen molar-refractivity contribution in [1.82, 2.24) is 10.3 Å². The minimum atomic E-state index is -0.218. The van der Waals surface area contributed by atoms with E-state index < -0.39 is 0 Å². The molecule has 2 aromatic rings. The maximum atomic E-state index is 13.0. The summed E-state index contributed by atoms with van der Waals surface area (Å²) in [6, 6.07) is 10.3. The summed E-state index contributed by atoms with van der Waals surface area (Å²) in [5, 5.41) is 2.75. The van der Waals surface area contributed by atoms with E-state index in [0.29, 0.717) is 18.8 Å². The summed E-state index contributed by atoms with van der Waals surface area (Å²) in [5.74, 6) is -0.417. The second-order valence-electron chi connectivity index (χ2n) is 6.10. The Hall–Kier alpha value is -2.67. The van der Waals surface area contributed by atoms with E-state index in [4.69, 9.17) is 4.74 Å². The van der Waals surface area contributed by atoms with Crippen molar-refractivity contribution in [3.05, 3.63) is 54.1 Å². The van der Waals surface area contributed by atoms with Crippen molar-refractivity contribution < 1.29 is 13.9 Å². The molecule has 0 spiro atoms. The molecule has 6 nitrogen and oxygen atoms in total. The zero-order chi connectivity index (χ0) is 18.4. The van der Waals surface area contributed by atoms with Crippen LogP contribution in [-0.4, -0.2) is 57.3 Å². The number of nitrogens with zero attached hydrogens (tertiary/aromatic N) is 3. The fourth-order valence-corrected chi connectivity index (χ4v) is 2.94. The monoisotopic (exact) mass is 358 g/mol. The van der Waals surface area contributed by atoms with Crippen molar-refractivity contribution in [1.29, 1.82) is 0 Å². The highest BCUT2D eigenvalue weighted by molar-refractivity contribution is 5.92. The van der Waals surface area contributed by atoms with Crippen molar-refractivity contribution in [3.63, 3.8) is 0 Å². The van der Waals surface area contributed by atoms with Gasteiger partial charge in [-0.25, -0.2) is 9.37 Å². The number of halogens is 1. The van der Waals surface area contributed by atoms with Crippen LogP contribution in [0.15, 0.2) is 42.6 Å². The number of piperazine rings is 1. The van der Waals surface area contributed by atoms with E-state index in [-0.39, 0.29) is 11.7 Å². The van der Waals surface area contributed by atoms with E-state index in [0.717, 1.165) is 37.6 Å². The molecule has 0 unspecified atom stereocenters. The Balaban J connectivity index is 1.54. The number of nitrogens with one attached hydrogen (secondary N) is 1. The molecular weight excluding hydrogens is 335 g/mol. The first-order chi connectivity index (χ1) is 12.7. The van der Waals surface area contributed by atoms with Crippen LogP contribution in [0.5, 0.6) is 0 Å². The van der Waals surface area contributed by atoms with E-state index in [1.54, 1.807) is 19.4 Å². The van der Waals surface area contributed by atoms with Crippen LogP contribution in [0, 0.1) is 5.82 Å². The zero-order valence-electron chi connectivity index (χ0n) is 14.8. The van der Waals surface area contributed by atoms with Crippen LogP contribution in [0.2, 0.25) is 0 Å². The van der Waals surface area contributed by atoms with E-state index in [1.807, 2.05) is 18.2 Å². The van der Waals surface area contributed by atoms with Gasteiger partial charge in [-0.3, -0.25) is 4.79 Å². The highest BCUT2D eigenvalue weighted by atomic mass is 19.1. The third kappa shape index (κ3) is 4.49. The Bertz CT molecular complexity index is 713. The number of aromatic nitrogens is 1. The Labute approximate surface area is 152 Å². The molecule has 0 atom stereocenters. The van der Waals surface area contributed by atoms with Crippen LogP contribution >= 0.6 is 0 Å². The van der Waals surface area contributed by atoms with Crippen molar-refractivity contribution in [2.24, 2.45) is 0 Å². The Kier molecular flexibility index (Phi) is 6.01. The maximum Gasteiger partial charge on any atom is 0.269 e. The molecule has 0 saturated carbocycles. The van der Waals surface area contributed by atoms with Gasteiger partial charge in [0.15, 0.2) is 0 Å². The number of carbonyl (C=O) groups is 1. The molecule has 1 aliphatic heterocycles. The standard InChI is InChI=1S/C19H23FN4O2/c1-26-13-8-21-19(25)18-7-6-17(14-22-18)24-11-9-23(10-12-24)16-4-2-15(20)3-5-16/h2-7,14H,8-13H2,1H3,(H,21,25). The second-order valence-corrected chi connectivity index (χ2v) is 6.10. The van der Waals surface area contributed by atoms with Crippen molar-refractivity contribution in [3.8, 4) is 0 Å². The molecule has 1 amide bonds. The van der Waals surface area contributed by atoms with Crippen LogP contribution in [0.4, 0.5) is 15.8 Å². The number of methoxy groups -OCH3 is 1. The molecule has 7 heteroatoms. The molecule has 3 rings (SSSR count). The van der Waals surface area contributed by atoms with Crippen LogP contribution in [0.1, 0.15) is 10.5 Å². The summed E-state index contributed by atoms with van der Waals surface area (Å²) >= 11 is 0. The lowest BCUT2D eigenvalue weighted by molar-refractivity contribution is 0.0932. The predicted octanol–water partition coefficient (Wildman–Crippen LogP) is 1.92. The highest BCUT2D eigenvalue weighted by Crippen LogP contribution is 2.20. The van der Waals surface area contributed by atoms with E-state index >= 15 is 0 Å². The smallest absolute Gasteiger partial charge is 0.269 e. The number of rotatable bonds is 6. The van der Waals surface area contributed by atoms with Gasteiger partial charge in [0.1, 0.15) is 11.5 Å². The molecule has 0 radical (unpaired) electrons. The molecule has 1 fully saturated rings. The van der Waals surface area contributed by atoms with Gasteiger partial charge < -0.3 is 19.9 Å². The highest BCUT2D eigenvalue weighted by Gasteiger charge is 2.18. The molecule has 1 aromatic heterocycles. The van der Waals surface area contributed by atoms with Gasteiger partial charge in [0, 0.05) is 45.5 Å². The molecule has 1 N–H and O–H groups in total. The third-order valence-corrected chi connectivity index (χ3v) is 4.41. The molecule has 0 aliphatic carbocycles. The number of benzene rings is 1. The third-order valence-electron chi connectivity index (χ3n) is 4.41. The van der Waals surface area contributed by atoms with Crippen LogP contribution < -0.4 is 15.1 Å². The number of pyridine rings is 1. The maximum absolute atomic E-state index is 13.0. The minimum absolute atomic E-state index is 0.199. The zero-order valence-corrected chi connectivity index (χ0v) is 14.8. The van der Waals surface area contributed by atoms with Crippen molar-refractivity contribution in [2.45, 2.75) is 0 Å². The molecule has 2 heterocycles. The van der Waals surface area contributed by atoms with Crippen LogP contribution in [0.3, 0.4) is 0 Å². The summed E-state index contributed by atoms with van der Waals surface area (Å²) in [7, 11) is 1.59. The summed E-state index contributed by atoms with van der Waals surface area (Å²) < 4.78 is 18.0. The lowest BCUT2D eigenvalue weighted by atomic mass is 10.2. The van der Waals surface area contributed by atoms with E-state index in [9.17, 15) is 9.18 Å². The molecule has 26 heavy (non-hydrogen) atoms. The first-order valence-corrected chi connectivity index (χ1v) is 8.66. The SMILES string of the molecule is COCCNC(=O)c1ccc(N2CCN(c3ccc(F)cc3)CC2)cn1. The van der Waals surface area contributed by atoms with Crippen molar-refractivity contribution in [2.75, 3.05) is 56.2 Å². The normalized spacial score (nSPS) is 14.4. The number of hydrogen-bond donors (Lipinski definition) is 1. The Morgan fingerprint density at radius 2 is 1.69 bits per heavy atom. The topological polar surface area (TPSA) is 57.7 Å². The van der Waals surface area contributed by atoms with E-state index in [1.165, 1.54) is 12.1 Å². The predicted molar refractivity (Wildman–Crippen MR) is 99.3 cm³/mol. The first-order valence-electron chi connectivity index (χ1n) is 8.66. The Morgan fingerprint density at radius 3 is 2.27 bits per heavy atom. The lowest BCUT2D eigenvalue weighted by Crippen LogP contribution is -2.46. The summed E-state index contributed by atoms with van der Waals surface area (Å²) in [6.07, 6.45) is 1.73. The van der Waals surface area contributed by atoms with Gasteiger partial charge >= 0.3 is 0 Å². The molecule has 1 aromatic carbocycles. The fourth-order valence-electron chi connectivity index (χ4n) is 2.94. The van der Waals surface area contributed by atoms with Gasteiger partial charge in [-0.1, -0.05) is 0 Å². The minimum Gasteiger partial charge on any atom is -0.383 e. The lowest BCUT2D eigenvalue weighted by Gasteiger charge is -2.37. The van der Waals surface area contributed by atoms with Crippen LogP contribution in [0.25, 0.3) is 0 Å². The number of carbonyl (C=O) groups excluding carboxylic acids is 1. The fraction of sp³-hybridized carbons (Fsp3) is 0.368. The quantitative estimate of drug-likeness (QED) is 0.800. The molecule has 0 bridgehead atoms. The van der Waals surface area contributed by atoms with Gasteiger partial charge in [0.05, 0.1) is 18.5 Å². The van der Waals surface area contributed by atoms with Crippen LogP contribution in [-0.2, 0) is 4.74 Å². The summed E-state index contributed by atoms with van der Waals surface area (Å²) in [6.45, 7) is 4.33. The summed E-state index contributed by atoms with van der Waals surface area (Å²) in [4.78, 5) is 20.7. The second kappa shape index (κ2) is 8.62. The molecular formula is C19H23FN4O2. The number of amides is 1. The van der Waals surface area contributed by atoms with Gasteiger partial charge in [-0.15, -0.1) is 0 Å². The molecule has 1 aliphatic rings.